The van der Waals surface area contributed by atoms with Crippen LogP contribution in [0.15, 0.2) is 69.7 Å². The van der Waals surface area contributed by atoms with Crippen LogP contribution >= 0.6 is 11.9 Å². The number of aryl methyl sites for hydroxylation is 2. The Balaban J connectivity index is 1.41. The van der Waals surface area contributed by atoms with Crippen LogP contribution in [0.4, 0.5) is 0 Å². The van der Waals surface area contributed by atoms with Gasteiger partial charge in [-0.1, -0.05) is 30.3 Å². The van der Waals surface area contributed by atoms with Gasteiger partial charge < -0.3 is 9.30 Å². The molecule has 0 fully saturated rings. The predicted molar refractivity (Wildman–Crippen MR) is 143 cm³/mol. The SMILES string of the molecule is Cc1cccc(OCCCn2cc(/C=C3/C(=N)N4C(=NC3=O)SN=C4S(C)(=O)=O)c3ccccc32)c1. The summed E-state index contributed by atoms with van der Waals surface area (Å²) in [6.45, 7) is 3.26. The van der Waals surface area contributed by atoms with Gasteiger partial charge >= 0.3 is 0 Å². The Labute approximate surface area is 212 Å². The lowest BCUT2D eigenvalue weighted by Gasteiger charge is -2.23. The molecule has 0 unspecified atom stereocenters. The van der Waals surface area contributed by atoms with E-state index >= 15 is 0 Å². The van der Waals surface area contributed by atoms with E-state index in [0.717, 1.165) is 57.3 Å². The minimum atomic E-state index is -3.71. The maximum atomic E-state index is 12.8. The van der Waals surface area contributed by atoms with E-state index in [2.05, 4.69) is 14.0 Å². The summed E-state index contributed by atoms with van der Waals surface area (Å²) < 4.78 is 36.1. The summed E-state index contributed by atoms with van der Waals surface area (Å²) in [5, 5.41) is 9.26. The highest BCUT2D eigenvalue weighted by atomic mass is 32.2. The predicted octanol–water partition coefficient (Wildman–Crippen LogP) is 4.04. The van der Waals surface area contributed by atoms with Gasteiger partial charge in [-0.25, -0.2) is 13.3 Å². The fourth-order valence-corrected chi connectivity index (χ4v) is 5.94. The first-order chi connectivity index (χ1) is 17.2. The van der Waals surface area contributed by atoms with Gasteiger partial charge in [0.15, 0.2) is 0 Å². The summed E-state index contributed by atoms with van der Waals surface area (Å²) in [6.07, 6.45) is 5.30. The first-order valence-electron chi connectivity index (χ1n) is 11.2. The number of amidine groups is 3. The zero-order chi connectivity index (χ0) is 25.4. The Kier molecular flexibility index (Phi) is 6.27. The van der Waals surface area contributed by atoms with Gasteiger partial charge in [-0.3, -0.25) is 10.2 Å². The van der Waals surface area contributed by atoms with E-state index in [1.165, 1.54) is 0 Å². The fraction of sp³-hybridized carbons (Fsp3) is 0.200. The molecule has 0 saturated carbocycles. The first kappa shape index (κ1) is 24.0. The number of aliphatic imine (C=N–C) groups is 1. The number of nitrogens with one attached hydrogen (secondary N) is 1. The maximum absolute atomic E-state index is 12.8. The van der Waals surface area contributed by atoms with Crippen LogP contribution in [-0.2, 0) is 21.2 Å². The van der Waals surface area contributed by atoms with Crippen molar-refractivity contribution in [1.82, 2.24) is 9.47 Å². The molecule has 0 bridgehead atoms. The van der Waals surface area contributed by atoms with E-state index in [4.69, 9.17) is 10.1 Å². The first-order valence-corrected chi connectivity index (χ1v) is 13.8. The lowest BCUT2D eigenvalue weighted by Crippen LogP contribution is -2.45. The topological polar surface area (TPSA) is 117 Å². The molecular weight excluding hydrogens is 498 g/mol. The highest BCUT2D eigenvalue weighted by Crippen LogP contribution is 2.31. The monoisotopic (exact) mass is 521 g/mol. The number of hydrogen-bond donors (Lipinski definition) is 1. The molecule has 184 valence electrons. The molecule has 3 aromatic rings. The molecule has 0 saturated heterocycles. The molecule has 36 heavy (non-hydrogen) atoms. The van der Waals surface area contributed by atoms with Crippen molar-refractivity contribution in [2.45, 2.75) is 19.9 Å². The van der Waals surface area contributed by atoms with Gasteiger partial charge in [-0.05, 0) is 43.2 Å². The van der Waals surface area contributed by atoms with Gasteiger partial charge in [0.25, 0.3) is 5.91 Å². The average Bonchev–Trinajstić information content (AvgIpc) is 3.41. The lowest BCUT2D eigenvalue weighted by atomic mass is 10.1. The molecule has 0 atom stereocenters. The van der Waals surface area contributed by atoms with Gasteiger partial charge in [0.1, 0.15) is 11.6 Å². The number of rotatable bonds is 6. The largest absolute Gasteiger partial charge is 0.494 e. The van der Waals surface area contributed by atoms with Gasteiger partial charge in [0.05, 0.1) is 24.1 Å². The molecular formula is C25H23N5O4S2. The number of hydrogen-bond acceptors (Lipinski definition) is 7. The Hall–Kier alpha value is -3.70. The van der Waals surface area contributed by atoms with E-state index in [1.54, 1.807) is 6.08 Å². The average molecular weight is 522 g/mol. The third kappa shape index (κ3) is 4.59. The standard InChI is InChI=1S/C25H23N5O4S2/c1-16-7-5-8-18(13-16)34-12-6-11-29-15-17(19-9-3-4-10-21(19)29)14-20-22(26)30-24(27-23(20)31)35-28-25(30)36(2,32)33/h3-5,7-10,13-15,26H,6,11-12H2,1-2H3/b20-14-,26-22?. The smallest absolute Gasteiger partial charge is 0.283 e. The molecule has 5 rings (SSSR count). The summed E-state index contributed by atoms with van der Waals surface area (Å²) in [4.78, 5) is 17.8. The maximum Gasteiger partial charge on any atom is 0.283 e. The lowest BCUT2D eigenvalue weighted by molar-refractivity contribution is -0.114. The Morgan fingerprint density at radius 1 is 1.17 bits per heavy atom. The van der Waals surface area contributed by atoms with Crippen LogP contribution < -0.4 is 4.74 Å². The molecule has 9 nitrogen and oxygen atoms in total. The van der Waals surface area contributed by atoms with Crippen molar-refractivity contribution in [3.05, 3.63) is 71.4 Å². The van der Waals surface area contributed by atoms with E-state index in [9.17, 15) is 13.2 Å². The molecule has 0 radical (unpaired) electrons. The summed E-state index contributed by atoms with van der Waals surface area (Å²) in [6, 6.07) is 15.7. The summed E-state index contributed by atoms with van der Waals surface area (Å²) in [5.74, 6) is -0.0289. The molecule has 1 amide bonds. The fourth-order valence-electron chi connectivity index (χ4n) is 4.10. The highest BCUT2D eigenvalue weighted by Gasteiger charge is 2.41. The Bertz CT molecular complexity index is 1600. The van der Waals surface area contributed by atoms with E-state index in [0.29, 0.717) is 13.2 Å². The van der Waals surface area contributed by atoms with Crippen molar-refractivity contribution >= 4 is 60.8 Å². The second kappa shape index (κ2) is 9.40. The Morgan fingerprint density at radius 2 is 1.97 bits per heavy atom. The molecule has 2 aliphatic rings. The second-order valence-electron chi connectivity index (χ2n) is 8.49. The van der Waals surface area contributed by atoms with Crippen LogP contribution in [0.1, 0.15) is 17.5 Å². The summed E-state index contributed by atoms with van der Waals surface area (Å²) in [5.41, 5.74) is 2.86. The quantitative estimate of drug-likeness (QED) is 0.297. The van der Waals surface area contributed by atoms with Crippen LogP contribution in [0.25, 0.3) is 17.0 Å². The minimum absolute atomic E-state index is 0.00304. The normalized spacial score (nSPS) is 16.9. The molecule has 11 heteroatoms. The van der Waals surface area contributed by atoms with Crippen molar-refractivity contribution in [1.29, 1.82) is 5.41 Å². The third-order valence-electron chi connectivity index (χ3n) is 5.75. The van der Waals surface area contributed by atoms with Crippen LogP contribution in [0, 0.1) is 12.3 Å². The number of ether oxygens (including phenoxy) is 1. The van der Waals surface area contributed by atoms with Crippen molar-refractivity contribution in [3.8, 4) is 5.75 Å². The van der Waals surface area contributed by atoms with Crippen molar-refractivity contribution in [2.24, 2.45) is 9.39 Å². The Morgan fingerprint density at radius 3 is 2.75 bits per heavy atom. The van der Waals surface area contributed by atoms with E-state index in [-0.39, 0.29) is 21.7 Å². The third-order valence-corrected chi connectivity index (χ3v) is 7.50. The molecule has 1 aromatic heterocycles. The molecule has 2 aromatic carbocycles. The number of fused-ring (bicyclic) bond motifs is 2. The number of nitrogens with zero attached hydrogens (tertiary/aromatic N) is 4. The minimum Gasteiger partial charge on any atom is -0.494 e. The molecule has 0 aliphatic carbocycles. The van der Waals surface area contributed by atoms with Crippen LogP contribution in [0.3, 0.4) is 0 Å². The highest BCUT2D eigenvalue weighted by molar-refractivity contribution is 8.16. The summed E-state index contributed by atoms with van der Waals surface area (Å²) >= 11 is 0.774. The number of aromatic nitrogens is 1. The van der Waals surface area contributed by atoms with E-state index in [1.807, 2.05) is 61.7 Å². The van der Waals surface area contributed by atoms with Gasteiger partial charge in [-0.2, -0.15) is 9.39 Å². The van der Waals surface area contributed by atoms with E-state index < -0.39 is 15.7 Å². The zero-order valence-electron chi connectivity index (χ0n) is 19.6. The van der Waals surface area contributed by atoms with Gasteiger partial charge in [0, 0.05) is 35.5 Å². The number of para-hydroxylation sites is 1. The number of benzene rings is 2. The zero-order valence-corrected chi connectivity index (χ0v) is 21.3. The van der Waals surface area contributed by atoms with Gasteiger partial charge in [-0.15, -0.1) is 0 Å². The van der Waals surface area contributed by atoms with Crippen LogP contribution in [0.2, 0.25) is 0 Å². The van der Waals surface area contributed by atoms with Crippen molar-refractivity contribution in [3.63, 3.8) is 0 Å². The number of carbonyl (C=O) groups excluding carboxylic acids is 1. The van der Waals surface area contributed by atoms with Crippen LogP contribution in [-0.4, -0.2) is 52.8 Å². The molecule has 2 aliphatic heterocycles. The number of amides is 1. The van der Waals surface area contributed by atoms with Gasteiger partial charge in [0.2, 0.25) is 20.2 Å². The van der Waals surface area contributed by atoms with Crippen LogP contribution in [0.5, 0.6) is 5.75 Å². The number of sulfone groups is 1. The second-order valence-corrected chi connectivity index (χ2v) is 11.1. The molecule has 3 heterocycles. The summed E-state index contributed by atoms with van der Waals surface area (Å²) in [7, 11) is -3.71. The molecule has 1 N–H and O–H groups in total. The van der Waals surface area contributed by atoms with Crippen molar-refractivity contribution < 1.29 is 17.9 Å². The molecule has 0 spiro atoms. The van der Waals surface area contributed by atoms with Crippen molar-refractivity contribution in [2.75, 3.05) is 12.9 Å². The number of carbonyl (C=O) groups is 1.